The van der Waals surface area contributed by atoms with Crippen molar-refractivity contribution in [3.8, 4) is 5.75 Å². The number of ether oxygens (including phenoxy) is 1. The number of halogens is 2. The Morgan fingerprint density at radius 1 is 0.650 bits per heavy atom. The van der Waals surface area contributed by atoms with Crippen molar-refractivity contribution >= 4 is 0 Å². The normalized spacial score (nSPS) is 29.6. The van der Waals surface area contributed by atoms with Crippen molar-refractivity contribution in [2.24, 2.45) is 29.6 Å². The third kappa shape index (κ3) is 9.06. The number of allylic oxidation sites excluding steroid dienone is 2. The molecule has 0 atom stereocenters. The maximum atomic E-state index is 14.9. The number of rotatable bonds is 14. The van der Waals surface area contributed by atoms with Crippen LogP contribution in [0.25, 0.3) is 0 Å². The van der Waals surface area contributed by atoms with Gasteiger partial charge in [0, 0.05) is 0 Å². The molecule has 3 aliphatic carbocycles. The zero-order valence-corrected chi connectivity index (χ0v) is 25.8. The highest BCUT2D eigenvalue weighted by atomic mass is 19.2. The second-order valence-electron chi connectivity index (χ2n) is 13.6. The van der Waals surface area contributed by atoms with Crippen molar-refractivity contribution in [3.05, 3.63) is 41.5 Å². The maximum Gasteiger partial charge on any atom is 0.200 e. The quantitative estimate of drug-likeness (QED) is 0.163. The zero-order valence-electron chi connectivity index (χ0n) is 25.8. The van der Waals surface area contributed by atoms with Crippen LogP contribution in [0.15, 0.2) is 24.3 Å². The lowest BCUT2D eigenvalue weighted by Crippen LogP contribution is -2.29. The van der Waals surface area contributed by atoms with Crippen molar-refractivity contribution in [3.63, 3.8) is 0 Å². The Kier molecular flexibility index (Phi) is 13.3. The summed E-state index contributed by atoms with van der Waals surface area (Å²) in [5.41, 5.74) is 0.569. The Morgan fingerprint density at radius 3 is 1.80 bits per heavy atom. The Bertz CT molecular complexity index is 870. The van der Waals surface area contributed by atoms with Crippen LogP contribution in [0.5, 0.6) is 5.75 Å². The molecule has 3 aliphatic rings. The van der Waals surface area contributed by atoms with Gasteiger partial charge in [0.1, 0.15) is 0 Å². The minimum atomic E-state index is -0.795. The molecule has 3 saturated carbocycles. The first kappa shape index (κ1) is 31.6. The molecular weight excluding hydrogens is 498 g/mol. The summed E-state index contributed by atoms with van der Waals surface area (Å²) in [6.45, 7) is 4.79. The molecule has 40 heavy (non-hydrogen) atoms. The van der Waals surface area contributed by atoms with E-state index < -0.39 is 11.6 Å². The highest BCUT2D eigenvalue weighted by Gasteiger charge is 2.35. The molecule has 0 bridgehead atoms. The third-order valence-corrected chi connectivity index (χ3v) is 10.9. The lowest BCUT2D eigenvalue weighted by atomic mass is 9.64. The molecule has 0 amide bonds. The summed E-state index contributed by atoms with van der Waals surface area (Å²) in [7, 11) is 0. The third-order valence-electron chi connectivity index (χ3n) is 10.9. The van der Waals surface area contributed by atoms with E-state index in [1.807, 2.05) is 0 Å². The molecule has 0 unspecified atom stereocenters. The fraction of sp³-hybridized carbons (Fsp3) is 0.784. The van der Waals surface area contributed by atoms with Gasteiger partial charge >= 0.3 is 0 Å². The fourth-order valence-corrected chi connectivity index (χ4v) is 8.25. The first-order valence-electron chi connectivity index (χ1n) is 17.4. The largest absolute Gasteiger partial charge is 0.490 e. The molecule has 4 rings (SSSR count). The van der Waals surface area contributed by atoms with Crippen LogP contribution in [0.3, 0.4) is 0 Å². The number of unbranched alkanes of at least 4 members (excludes halogenated alkanes) is 6. The van der Waals surface area contributed by atoms with Crippen LogP contribution in [0.4, 0.5) is 8.78 Å². The Balaban J connectivity index is 1.14. The molecule has 1 nitrogen and oxygen atoms in total. The molecule has 1 aromatic carbocycles. The topological polar surface area (TPSA) is 9.23 Å². The predicted octanol–water partition coefficient (Wildman–Crippen LogP) is 11.9. The summed E-state index contributed by atoms with van der Waals surface area (Å²) in [5, 5.41) is 0. The summed E-state index contributed by atoms with van der Waals surface area (Å²) >= 11 is 0. The van der Waals surface area contributed by atoms with Crippen LogP contribution in [0, 0.1) is 41.2 Å². The van der Waals surface area contributed by atoms with Gasteiger partial charge in [0.15, 0.2) is 11.6 Å². The lowest BCUT2D eigenvalue weighted by molar-refractivity contribution is 0.114. The van der Waals surface area contributed by atoms with E-state index in [9.17, 15) is 8.78 Å². The molecule has 3 heteroatoms. The van der Waals surface area contributed by atoms with E-state index in [2.05, 4.69) is 26.0 Å². The smallest absolute Gasteiger partial charge is 0.200 e. The van der Waals surface area contributed by atoms with Gasteiger partial charge in [-0.05, 0) is 143 Å². The molecule has 1 aromatic rings. The monoisotopic (exact) mass is 556 g/mol. The van der Waals surface area contributed by atoms with Crippen LogP contribution in [0.1, 0.15) is 154 Å². The molecule has 0 saturated heterocycles. The van der Waals surface area contributed by atoms with Crippen LogP contribution >= 0.6 is 0 Å². The zero-order chi connectivity index (χ0) is 28.2. The van der Waals surface area contributed by atoms with Crippen LogP contribution in [-0.2, 0) is 0 Å². The average molecular weight is 557 g/mol. The lowest BCUT2D eigenvalue weighted by Gasteiger charge is -2.41. The van der Waals surface area contributed by atoms with E-state index in [1.165, 1.54) is 103 Å². The molecule has 0 radical (unpaired) electrons. The van der Waals surface area contributed by atoms with E-state index in [-0.39, 0.29) is 11.7 Å². The van der Waals surface area contributed by atoms with Gasteiger partial charge in [-0.2, -0.15) is 4.39 Å². The summed E-state index contributed by atoms with van der Waals surface area (Å²) in [6, 6.07) is 3.44. The Labute approximate surface area is 244 Å². The van der Waals surface area contributed by atoms with Gasteiger partial charge in [-0.1, -0.05) is 64.2 Å². The highest BCUT2D eigenvalue weighted by molar-refractivity contribution is 5.33. The van der Waals surface area contributed by atoms with E-state index >= 15 is 0 Å². The highest BCUT2D eigenvalue weighted by Crippen LogP contribution is 2.47. The minimum Gasteiger partial charge on any atom is -0.490 e. The van der Waals surface area contributed by atoms with Gasteiger partial charge < -0.3 is 4.74 Å². The van der Waals surface area contributed by atoms with Crippen molar-refractivity contribution in [1.82, 2.24) is 0 Å². The number of hydrogen-bond donors (Lipinski definition) is 0. The summed E-state index contributed by atoms with van der Waals surface area (Å²) in [5.74, 6) is 3.13. The molecule has 0 spiro atoms. The van der Waals surface area contributed by atoms with Crippen molar-refractivity contribution in [2.45, 2.75) is 148 Å². The van der Waals surface area contributed by atoms with E-state index in [0.717, 1.165) is 55.3 Å². The van der Waals surface area contributed by atoms with Crippen molar-refractivity contribution in [1.29, 1.82) is 0 Å². The van der Waals surface area contributed by atoms with Crippen molar-refractivity contribution in [2.75, 3.05) is 6.61 Å². The summed E-state index contributed by atoms with van der Waals surface area (Å²) in [6.07, 6.45) is 30.7. The van der Waals surface area contributed by atoms with Gasteiger partial charge in [0.2, 0.25) is 5.82 Å². The second kappa shape index (κ2) is 16.9. The summed E-state index contributed by atoms with van der Waals surface area (Å²) < 4.78 is 35.0. The Morgan fingerprint density at radius 2 is 1.20 bits per heavy atom. The fourth-order valence-electron chi connectivity index (χ4n) is 8.25. The van der Waals surface area contributed by atoms with Gasteiger partial charge in [-0.3, -0.25) is 0 Å². The first-order chi connectivity index (χ1) is 19.6. The molecule has 3 fully saturated rings. The number of benzene rings is 1. The van der Waals surface area contributed by atoms with Gasteiger partial charge in [0.05, 0.1) is 6.61 Å². The van der Waals surface area contributed by atoms with Crippen LogP contribution < -0.4 is 4.74 Å². The van der Waals surface area contributed by atoms with Gasteiger partial charge in [0.25, 0.3) is 0 Å². The molecule has 0 aliphatic heterocycles. The molecule has 0 N–H and O–H groups in total. The van der Waals surface area contributed by atoms with Gasteiger partial charge in [-0.15, -0.1) is 0 Å². The molecule has 226 valence electrons. The van der Waals surface area contributed by atoms with Crippen LogP contribution in [-0.4, -0.2) is 6.61 Å². The molecule has 0 heterocycles. The molecule has 0 aromatic heterocycles. The Hall–Kier alpha value is -1.38. The first-order valence-corrected chi connectivity index (χ1v) is 17.4. The average Bonchev–Trinajstić information content (AvgIpc) is 3.00. The second-order valence-corrected chi connectivity index (χ2v) is 13.6. The maximum absolute atomic E-state index is 14.9. The van der Waals surface area contributed by atoms with Crippen LogP contribution in [0.2, 0.25) is 0 Å². The molecular formula is C37H58F2O. The van der Waals surface area contributed by atoms with E-state index in [1.54, 1.807) is 12.1 Å². The SMILES string of the molecule is CCCCCCCC=CC1CCC(C2CCC(C3CCC(c4ccc(OCCCC)c(F)c4F)CC3)CC2)CC1. The predicted molar refractivity (Wildman–Crippen MR) is 165 cm³/mol. The minimum absolute atomic E-state index is 0.0678. The van der Waals surface area contributed by atoms with Crippen molar-refractivity contribution < 1.29 is 13.5 Å². The van der Waals surface area contributed by atoms with E-state index in [0.29, 0.717) is 12.2 Å². The standard InChI is InChI=1S/C37H58F2O/c1-3-5-7-8-9-10-11-12-28-13-15-29(16-14-28)30-17-19-31(20-18-30)32-21-23-33(24-22-32)34-25-26-35(37(39)36(34)38)40-27-6-4-2/h11-12,25-26,28-33H,3-10,13-24,27H2,1-2H3. The number of hydrogen-bond acceptors (Lipinski definition) is 1. The summed E-state index contributed by atoms with van der Waals surface area (Å²) in [4.78, 5) is 0. The van der Waals surface area contributed by atoms with Gasteiger partial charge in [-0.25, -0.2) is 4.39 Å². The van der Waals surface area contributed by atoms with E-state index in [4.69, 9.17) is 4.74 Å².